The van der Waals surface area contributed by atoms with Crippen molar-refractivity contribution in [2.75, 3.05) is 51.3 Å². The van der Waals surface area contributed by atoms with Gasteiger partial charge >= 0.3 is 24.1 Å². The second-order valence-electron chi connectivity index (χ2n) is 6.30. The second-order valence-corrected chi connectivity index (χ2v) is 7.33. The molecule has 30 heavy (non-hydrogen) atoms. The Balaban J connectivity index is 2.15. The first-order chi connectivity index (χ1) is 14.3. The lowest BCUT2D eigenvalue weighted by molar-refractivity contribution is 0.0527. The van der Waals surface area contributed by atoms with Gasteiger partial charge in [-0.2, -0.15) is 0 Å². The van der Waals surface area contributed by atoms with E-state index in [4.69, 9.17) is 14.2 Å². The molecule has 10 nitrogen and oxygen atoms in total. The average Bonchev–Trinajstić information content (AvgIpc) is 3.04. The van der Waals surface area contributed by atoms with Crippen LogP contribution in [0.2, 0.25) is 0 Å². The van der Waals surface area contributed by atoms with Gasteiger partial charge < -0.3 is 24.0 Å². The molecule has 0 aromatic carbocycles. The summed E-state index contributed by atoms with van der Waals surface area (Å²) < 4.78 is 15.1. The first-order valence-electron chi connectivity index (χ1n) is 9.79. The third-order valence-electron chi connectivity index (χ3n) is 4.40. The summed E-state index contributed by atoms with van der Waals surface area (Å²) in [5, 5.41) is 2.94. The minimum Gasteiger partial charge on any atom is -0.462 e. The molecule has 2 rings (SSSR count). The number of anilines is 1. The van der Waals surface area contributed by atoms with Crippen LogP contribution in [0.1, 0.15) is 46.4 Å². The summed E-state index contributed by atoms with van der Waals surface area (Å²) in [4.78, 5) is 52.5. The number of carbonyl (C=O) groups excluding carboxylic acids is 4. The first-order valence-corrected chi connectivity index (χ1v) is 10.6. The zero-order valence-corrected chi connectivity index (χ0v) is 18.4. The molecule has 1 N–H and O–H groups in total. The summed E-state index contributed by atoms with van der Waals surface area (Å²) in [5.41, 5.74) is 0.544. The van der Waals surface area contributed by atoms with Gasteiger partial charge in [-0.05, 0) is 33.3 Å². The summed E-state index contributed by atoms with van der Waals surface area (Å²) in [5.74, 6) is -1.18. The highest BCUT2D eigenvalue weighted by atomic mass is 32.1. The predicted octanol–water partition coefficient (Wildman–Crippen LogP) is 2.72. The lowest BCUT2D eigenvalue weighted by atomic mass is 10.1. The van der Waals surface area contributed by atoms with Crippen molar-refractivity contribution in [2.45, 2.75) is 27.7 Å². The number of carbonyl (C=O) groups is 4. The van der Waals surface area contributed by atoms with Crippen LogP contribution in [-0.2, 0) is 14.2 Å². The number of hydrogen-bond acceptors (Lipinski definition) is 8. The van der Waals surface area contributed by atoms with Gasteiger partial charge in [-0.25, -0.2) is 19.2 Å². The molecule has 0 atom stereocenters. The molecule has 11 heteroatoms. The number of urea groups is 1. The molecule has 2 heterocycles. The zero-order valence-electron chi connectivity index (χ0n) is 17.6. The molecule has 0 bridgehead atoms. The fourth-order valence-corrected chi connectivity index (χ4v) is 4.00. The Bertz CT molecular complexity index is 800. The summed E-state index contributed by atoms with van der Waals surface area (Å²) in [6.07, 6.45) is -0.407. The van der Waals surface area contributed by atoms with E-state index in [9.17, 15) is 19.2 Å². The lowest BCUT2D eigenvalue weighted by Gasteiger charge is -2.33. The molecular formula is C19H27N3O7S. The molecule has 1 aliphatic rings. The Morgan fingerprint density at radius 2 is 1.40 bits per heavy atom. The summed E-state index contributed by atoms with van der Waals surface area (Å²) in [6.45, 7) is 8.66. The molecule has 1 aliphatic heterocycles. The molecule has 0 unspecified atom stereocenters. The number of esters is 2. The Kier molecular flexibility index (Phi) is 8.46. The number of rotatable bonds is 6. The van der Waals surface area contributed by atoms with Crippen LogP contribution < -0.4 is 5.32 Å². The molecule has 0 spiro atoms. The Hall–Kier alpha value is -2.82. The van der Waals surface area contributed by atoms with Gasteiger partial charge in [-0.15, -0.1) is 11.3 Å². The van der Waals surface area contributed by atoms with Gasteiger partial charge in [-0.1, -0.05) is 0 Å². The fraction of sp³-hybridized carbons (Fsp3) is 0.579. The minimum absolute atomic E-state index is 0.142. The van der Waals surface area contributed by atoms with Crippen molar-refractivity contribution in [1.82, 2.24) is 9.80 Å². The molecule has 0 radical (unpaired) electrons. The maximum absolute atomic E-state index is 12.7. The van der Waals surface area contributed by atoms with Crippen LogP contribution in [0, 0.1) is 6.92 Å². The molecule has 1 saturated heterocycles. The first kappa shape index (κ1) is 23.5. The number of piperazine rings is 1. The highest BCUT2D eigenvalue weighted by molar-refractivity contribution is 7.18. The van der Waals surface area contributed by atoms with Gasteiger partial charge in [0.05, 0.1) is 25.4 Å². The van der Waals surface area contributed by atoms with Crippen molar-refractivity contribution in [3.63, 3.8) is 0 Å². The normalized spacial score (nSPS) is 13.6. The monoisotopic (exact) mass is 441 g/mol. The average molecular weight is 442 g/mol. The van der Waals surface area contributed by atoms with Crippen molar-refractivity contribution in [3.05, 3.63) is 16.0 Å². The number of thiophene rings is 1. The standard InChI is InChI=1S/C19H27N3O7S/c1-5-27-16(23)13-12(4)14(17(24)28-6-2)30-15(13)20-18(25)21-8-10-22(11-9-21)19(26)29-7-3/h5-11H2,1-4H3,(H,20,25). The third kappa shape index (κ3) is 5.41. The number of nitrogens with zero attached hydrogens (tertiary/aromatic N) is 2. The van der Waals surface area contributed by atoms with Crippen molar-refractivity contribution in [1.29, 1.82) is 0 Å². The molecule has 1 fully saturated rings. The van der Waals surface area contributed by atoms with Gasteiger partial charge in [0.2, 0.25) is 0 Å². The topological polar surface area (TPSA) is 114 Å². The fourth-order valence-electron chi connectivity index (χ4n) is 2.92. The molecule has 1 aromatic heterocycles. The number of amides is 3. The highest BCUT2D eigenvalue weighted by Crippen LogP contribution is 2.34. The molecule has 0 aliphatic carbocycles. The molecule has 166 valence electrons. The summed E-state index contributed by atoms with van der Waals surface area (Å²) in [6, 6.07) is -0.430. The smallest absolute Gasteiger partial charge is 0.409 e. The van der Waals surface area contributed by atoms with Crippen LogP contribution in [0.25, 0.3) is 0 Å². The van der Waals surface area contributed by atoms with Crippen molar-refractivity contribution in [2.24, 2.45) is 0 Å². The van der Waals surface area contributed by atoms with Crippen LogP contribution in [0.15, 0.2) is 0 Å². The quantitative estimate of drug-likeness (QED) is 0.533. The number of nitrogens with one attached hydrogen (secondary N) is 1. The molecular weight excluding hydrogens is 414 g/mol. The van der Waals surface area contributed by atoms with E-state index in [0.29, 0.717) is 31.7 Å². The largest absolute Gasteiger partial charge is 0.462 e. The van der Waals surface area contributed by atoms with E-state index in [2.05, 4.69) is 5.32 Å². The van der Waals surface area contributed by atoms with Crippen LogP contribution >= 0.6 is 11.3 Å². The molecule has 1 aromatic rings. The van der Waals surface area contributed by atoms with Gasteiger partial charge in [0.1, 0.15) is 9.88 Å². The minimum atomic E-state index is -0.621. The van der Waals surface area contributed by atoms with Crippen molar-refractivity contribution in [3.8, 4) is 0 Å². The van der Waals surface area contributed by atoms with E-state index in [1.54, 1.807) is 27.7 Å². The molecule has 0 saturated carbocycles. The van der Waals surface area contributed by atoms with Gasteiger partial charge in [0.25, 0.3) is 0 Å². The van der Waals surface area contributed by atoms with Gasteiger partial charge in [0.15, 0.2) is 0 Å². The number of hydrogen-bond donors (Lipinski definition) is 1. The lowest BCUT2D eigenvalue weighted by Crippen LogP contribution is -2.51. The van der Waals surface area contributed by atoms with Gasteiger partial charge in [0, 0.05) is 26.2 Å². The van der Waals surface area contributed by atoms with Crippen molar-refractivity contribution >= 4 is 40.4 Å². The van der Waals surface area contributed by atoms with Crippen LogP contribution in [0.5, 0.6) is 0 Å². The summed E-state index contributed by atoms with van der Waals surface area (Å²) >= 11 is 0.974. The zero-order chi connectivity index (χ0) is 22.3. The molecule has 3 amide bonds. The Morgan fingerprint density at radius 3 is 1.97 bits per heavy atom. The van der Waals surface area contributed by atoms with E-state index in [-0.39, 0.29) is 35.3 Å². The Labute approximate surface area is 179 Å². The van der Waals surface area contributed by atoms with E-state index in [1.165, 1.54) is 9.80 Å². The van der Waals surface area contributed by atoms with E-state index in [1.807, 2.05) is 0 Å². The predicted molar refractivity (Wildman–Crippen MR) is 110 cm³/mol. The van der Waals surface area contributed by atoms with Crippen LogP contribution in [-0.4, -0.2) is 79.9 Å². The number of ether oxygens (including phenoxy) is 3. The van der Waals surface area contributed by atoms with E-state index >= 15 is 0 Å². The summed E-state index contributed by atoms with van der Waals surface area (Å²) in [7, 11) is 0. The second kappa shape index (κ2) is 10.8. The SMILES string of the molecule is CCOC(=O)c1sc(NC(=O)N2CCN(C(=O)OCC)CC2)c(C(=O)OCC)c1C. The van der Waals surface area contributed by atoms with Crippen LogP contribution in [0.3, 0.4) is 0 Å². The van der Waals surface area contributed by atoms with Gasteiger partial charge in [-0.3, -0.25) is 5.32 Å². The van der Waals surface area contributed by atoms with E-state index in [0.717, 1.165) is 11.3 Å². The highest BCUT2D eigenvalue weighted by Gasteiger charge is 2.30. The maximum Gasteiger partial charge on any atom is 0.409 e. The van der Waals surface area contributed by atoms with Crippen molar-refractivity contribution < 1.29 is 33.4 Å². The third-order valence-corrected chi connectivity index (χ3v) is 5.59. The Morgan fingerprint density at radius 1 is 0.867 bits per heavy atom. The van der Waals surface area contributed by atoms with E-state index < -0.39 is 24.1 Å². The maximum atomic E-state index is 12.7. The van der Waals surface area contributed by atoms with Crippen LogP contribution in [0.4, 0.5) is 14.6 Å².